The van der Waals surface area contributed by atoms with Crippen LogP contribution in [-0.4, -0.2) is 16.4 Å². The van der Waals surface area contributed by atoms with Gasteiger partial charge in [-0.15, -0.1) is 0 Å². The summed E-state index contributed by atoms with van der Waals surface area (Å²) in [5.74, 6) is 0. The Balaban J connectivity index is 2.04. The molecule has 3 rings (SSSR count). The highest BCUT2D eigenvalue weighted by molar-refractivity contribution is 9.10. The maximum absolute atomic E-state index is 5.75. The van der Waals surface area contributed by atoms with Crippen molar-refractivity contribution in [2.24, 2.45) is 0 Å². The zero-order valence-electron chi connectivity index (χ0n) is 9.82. The Labute approximate surface area is 109 Å². The molecule has 0 bridgehead atoms. The highest BCUT2D eigenvalue weighted by Crippen LogP contribution is 2.29. The Morgan fingerprint density at radius 2 is 2.29 bits per heavy atom. The van der Waals surface area contributed by atoms with Gasteiger partial charge in [-0.05, 0) is 47.7 Å². The monoisotopic (exact) mass is 294 g/mol. The van der Waals surface area contributed by atoms with Crippen molar-refractivity contribution in [2.75, 3.05) is 6.61 Å². The van der Waals surface area contributed by atoms with Gasteiger partial charge in [-0.25, -0.2) is 4.68 Å². The molecule has 0 N–H and O–H groups in total. The predicted octanol–water partition coefficient (Wildman–Crippen LogP) is 3.81. The topological polar surface area (TPSA) is 27.1 Å². The summed E-state index contributed by atoms with van der Waals surface area (Å²) in [5, 5.41) is 5.81. The molecule has 4 heteroatoms. The number of aryl methyl sites for hydroxylation is 1. The standard InChI is InChI=1S/C13H15BrN2O/c1-9-5-6-10-8-16(15-13(10)12(9)14)11-4-2-3-7-17-11/h5-6,8,11H,2-4,7H2,1H3. The molecule has 0 spiro atoms. The molecule has 2 heterocycles. The Bertz CT molecular complexity index is 544. The van der Waals surface area contributed by atoms with Gasteiger partial charge in [0.25, 0.3) is 0 Å². The first-order chi connectivity index (χ1) is 8.25. The van der Waals surface area contributed by atoms with Gasteiger partial charge in [0, 0.05) is 22.7 Å². The molecule has 1 unspecified atom stereocenters. The number of rotatable bonds is 1. The highest BCUT2D eigenvalue weighted by atomic mass is 79.9. The molecular weight excluding hydrogens is 280 g/mol. The normalized spacial score (nSPS) is 20.9. The minimum absolute atomic E-state index is 0.114. The summed E-state index contributed by atoms with van der Waals surface area (Å²) in [7, 11) is 0. The number of hydrogen-bond donors (Lipinski definition) is 0. The molecule has 1 aliphatic heterocycles. The van der Waals surface area contributed by atoms with Crippen LogP contribution < -0.4 is 0 Å². The molecule has 90 valence electrons. The third-order valence-electron chi connectivity index (χ3n) is 3.28. The fraction of sp³-hybridized carbons (Fsp3) is 0.462. The molecule has 1 saturated heterocycles. The van der Waals surface area contributed by atoms with Crippen molar-refractivity contribution < 1.29 is 4.74 Å². The number of halogens is 1. The first-order valence-electron chi connectivity index (χ1n) is 6.01. The van der Waals surface area contributed by atoms with E-state index in [0.29, 0.717) is 0 Å². The van der Waals surface area contributed by atoms with E-state index in [0.717, 1.165) is 28.4 Å². The second-order valence-electron chi connectivity index (χ2n) is 4.56. The second-order valence-corrected chi connectivity index (χ2v) is 5.36. The smallest absolute Gasteiger partial charge is 0.150 e. The van der Waals surface area contributed by atoms with Crippen LogP contribution in [0, 0.1) is 6.92 Å². The van der Waals surface area contributed by atoms with E-state index < -0.39 is 0 Å². The molecule has 0 aliphatic carbocycles. The van der Waals surface area contributed by atoms with Gasteiger partial charge in [0.15, 0.2) is 0 Å². The molecule has 0 radical (unpaired) electrons. The van der Waals surface area contributed by atoms with Crippen LogP contribution in [0.3, 0.4) is 0 Å². The van der Waals surface area contributed by atoms with Gasteiger partial charge in [0.05, 0.1) is 0 Å². The first kappa shape index (κ1) is 11.2. The van der Waals surface area contributed by atoms with Gasteiger partial charge in [0.1, 0.15) is 11.7 Å². The zero-order valence-corrected chi connectivity index (χ0v) is 11.4. The van der Waals surface area contributed by atoms with Crippen LogP contribution in [0.2, 0.25) is 0 Å². The summed E-state index contributed by atoms with van der Waals surface area (Å²) in [6.45, 7) is 2.93. The molecule has 1 aliphatic rings. The number of aromatic nitrogens is 2. The van der Waals surface area contributed by atoms with Crippen LogP contribution in [-0.2, 0) is 4.74 Å². The average Bonchev–Trinajstić information content (AvgIpc) is 2.80. The molecule has 17 heavy (non-hydrogen) atoms. The third kappa shape index (κ3) is 2.00. The molecule has 1 aromatic carbocycles. The lowest BCUT2D eigenvalue weighted by Gasteiger charge is -2.22. The molecule has 2 aromatic rings. The molecule has 0 amide bonds. The van der Waals surface area contributed by atoms with E-state index >= 15 is 0 Å². The Kier molecular flexibility index (Phi) is 2.92. The molecular formula is C13H15BrN2O. The maximum atomic E-state index is 5.75. The Morgan fingerprint density at radius 1 is 1.41 bits per heavy atom. The van der Waals surface area contributed by atoms with E-state index in [-0.39, 0.29) is 6.23 Å². The summed E-state index contributed by atoms with van der Waals surface area (Å²) < 4.78 is 8.80. The van der Waals surface area contributed by atoms with Gasteiger partial charge in [-0.2, -0.15) is 5.10 Å². The third-order valence-corrected chi connectivity index (χ3v) is 4.28. The van der Waals surface area contributed by atoms with E-state index in [9.17, 15) is 0 Å². The van der Waals surface area contributed by atoms with Crippen LogP contribution in [0.25, 0.3) is 10.9 Å². The maximum Gasteiger partial charge on any atom is 0.150 e. The molecule has 1 aromatic heterocycles. The summed E-state index contributed by atoms with van der Waals surface area (Å²) in [6.07, 6.45) is 5.64. The van der Waals surface area contributed by atoms with Crippen LogP contribution in [0.4, 0.5) is 0 Å². The van der Waals surface area contributed by atoms with E-state index in [4.69, 9.17) is 4.74 Å². The minimum atomic E-state index is 0.114. The summed E-state index contributed by atoms with van der Waals surface area (Å²) >= 11 is 3.60. The SMILES string of the molecule is Cc1ccc2cn(C3CCCCO3)nc2c1Br. The minimum Gasteiger partial charge on any atom is -0.357 e. The lowest BCUT2D eigenvalue weighted by atomic mass is 10.2. The van der Waals surface area contributed by atoms with E-state index in [1.54, 1.807) is 0 Å². The fourth-order valence-corrected chi connectivity index (χ4v) is 2.69. The van der Waals surface area contributed by atoms with Gasteiger partial charge in [-0.3, -0.25) is 0 Å². The largest absolute Gasteiger partial charge is 0.357 e. The van der Waals surface area contributed by atoms with Crippen molar-refractivity contribution >= 4 is 26.8 Å². The number of benzene rings is 1. The highest BCUT2D eigenvalue weighted by Gasteiger charge is 2.17. The summed E-state index contributed by atoms with van der Waals surface area (Å²) in [5.41, 5.74) is 2.24. The number of fused-ring (bicyclic) bond motifs is 1. The molecule has 1 atom stereocenters. The van der Waals surface area contributed by atoms with Gasteiger partial charge in [0.2, 0.25) is 0 Å². The Hall–Kier alpha value is -0.870. The van der Waals surface area contributed by atoms with Crippen LogP contribution >= 0.6 is 15.9 Å². The van der Waals surface area contributed by atoms with Gasteiger partial charge in [-0.1, -0.05) is 12.1 Å². The number of ether oxygens (including phenoxy) is 1. The van der Waals surface area contributed by atoms with Crippen molar-refractivity contribution in [3.05, 3.63) is 28.4 Å². The average molecular weight is 295 g/mol. The van der Waals surface area contributed by atoms with E-state index in [1.165, 1.54) is 18.4 Å². The predicted molar refractivity (Wildman–Crippen MR) is 71.0 cm³/mol. The van der Waals surface area contributed by atoms with Gasteiger partial charge >= 0.3 is 0 Å². The quantitative estimate of drug-likeness (QED) is 0.800. The number of nitrogens with zero attached hydrogens (tertiary/aromatic N) is 2. The molecule has 1 fully saturated rings. The van der Waals surface area contributed by atoms with Gasteiger partial charge < -0.3 is 4.74 Å². The summed E-state index contributed by atoms with van der Waals surface area (Å²) in [4.78, 5) is 0. The van der Waals surface area contributed by atoms with E-state index in [2.05, 4.69) is 46.3 Å². The van der Waals surface area contributed by atoms with Crippen LogP contribution in [0.1, 0.15) is 31.1 Å². The van der Waals surface area contributed by atoms with Crippen molar-refractivity contribution in [1.29, 1.82) is 0 Å². The molecule has 3 nitrogen and oxygen atoms in total. The van der Waals surface area contributed by atoms with Crippen molar-refractivity contribution in [2.45, 2.75) is 32.4 Å². The zero-order chi connectivity index (χ0) is 11.8. The molecule has 0 saturated carbocycles. The summed E-state index contributed by atoms with van der Waals surface area (Å²) in [6, 6.07) is 4.22. The van der Waals surface area contributed by atoms with Crippen molar-refractivity contribution in [3.8, 4) is 0 Å². The van der Waals surface area contributed by atoms with Crippen LogP contribution in [0.5, 0.6) is 0 Å². The lowest BCUT2D eigenvalue weighted by Crippen LogP contribution is -2.18. The van der Waals surface area contributed by atoms with Crippen molar-refractivity contribution in [3.63, 3.8) is 0 Å². The lowest BCUT2D eigenvalue weighted by molar-refractivity contribution is -0.0390. The number of hydrogen-bond acceptors (Lipinski definition) is 2. The van der Waals surface area contributed by atoms with E-state index in [1.807, 2.05) is 4.68 Å². The first-order valence-corrected chi connectivity index (χ1v) is 6.80. The Morgan fingerprint density at radius 3 is 3.06 bits per heavy atom. The fourth-order valence-electron chi connectivity index (χ4n) is 2.25. The van der Waals surface area contributed by atoms with Crippen molar-refractivity contribution in [1.82, 2.24) is 9.78 Å². The van der Waals surface area contributed by atoms with Crippen LogP contribution in [0.15, 0.2) is 22.8 Å². The second kappa shape index (κ2) is 4.42.